The number of carboxylic acid groups (broad SMARTS) is 2. The lowest BCUT2D eigenvalue weighted by Crippen LogP contribution is -2.28. The van der Waals surface area contributed by atoms with E-state index in [0.29, 0.717) is 0 Å². The minimum atomic E-state index is -2.30. The van der Waals surface area contributed by atoms with E-state index in [9.17, 15) is 9.59 Å². The topological polar surface area (TPSA) is 98.1 Å². The van der Waals surface area contributed by atoms with Crippen molar-refractivity contribution < 1.29 is 24.9 Å². The largest absolute Gasteiger partial charge is 0.479 e. The van der Waals surface area contributed by atoms with Gasteiger partial charge in [0.15, 0.2) is 0 Å². The Hall–Kier alpha value is -2.08. The third-order valence-electron chi connectivity index (χ3n) is 3.15. The number of carboxylic acids is 2. The molecule has 0 bridgehead atoms. The molecule has 130 valence electrons. The fraction of sp³-hybridized carbons (Fsp3) is 0.529. The highest BCUT2D eigenvalue weighted by molar-refractivity contribution is 5.95. The van der Waals surface area contributed by atoms with Crippen LogP contribution in [0.15, 0.2) is 30.3 Å². The number of aliphatic carboxylic acids is 2. The summed E-state index contributed by atoms with van der Waals surface area (Å²) in [6, 6.07) is 10.8. The first-order chi connectivity index (χ1) is 10.9. The summed E-state index contributed by atoms with van der Waals surface area (Å²) in [5.41, 5.74) is 1.37. The third kappa shape index (κ3) is 9.52. The van der Waals surface area contributed by atoms with Crippen molar-refractivity contribution in [3.63, 3.8) is 0 Å². The molecule has 6 heteroatoms. The van der Waals surface area contributed by atoms with Crippen LogP contribution in [0.4, 0.5) is 5.69 Å². The van der Waals surface area contributed by atoms with Crippen LogP contribution < -0.4 is 4.90 Å². The minimum absolute atomic E-state index is 1.19. The van der Waals surface area contributed by atoms with E-state index in [1.54, 1.807) is 0 Å². The summed E-state index contributed by atoms with van der Waals surface area (Å²) < 4.78 is 0. The molecule has 1 aromatic carbocycles. The highest BCUT2D eigenvalue weighted by Gasteiger charge is 2.20. The molecule has 0 aromatic heterocycles. The van der Waals surface area contributed by atoms with Crippen molar-refractivity contribution in [2.45, 2.75) is 45.6 Å². The molecule has 0 aliphatic rings. The Morgan fingerprint density at radius 3 is 1.70 bits per heavy atom. The zero-order valence-corrected chi connectivity index (χ0v) is 13.8. The molecular weight excluding hydrogens is 298 g/mol. The Labute approximate surface area is 137 Å². The summed E-state index contributed by atoms with van der Waals surface area (Å²) in [5.74, 6) is -3.50. The summed E-state index contributed by atoms with van der Waals surface area (Å²) in [7, 11) is 0. The number of rotatable bonds is 9. The first-order valence-electron chi connectivity index (χ1n) is 7.87. The van der Waals surface area contributed by atoms with Crippen LogP contribution in [0.2, 0.25) is 0 Å². The van der Waals surface area contributed by atoms with Crippen LogP contribution in [-0.2, 0) is 9.59 Å². The number of carbonyl (C=O) groups is 2. The van der Waals surface area contributed by atoms with E-state index in [4.69, 9.17) is 15.3 Å². The van der Waals surface area contributed by atoms with Crippen molar-refractivity contribution in [1.82, 2.24) is 0 Å². The Balaban J connectivity index is 0.000000515. The molecule has 0 unspecified atom stereocenters. The van der Waals surface area contributed by atoms with Gasteiger partial charge >= 0.3 is 11.9 Å². The molecule has 0 aliphatic carbocycles. The van der Waals surface area contributed by atoms with Crippen LogP contribution in [0, 0.1) is 0 Å². The molecule has 1 aromatic rings. The van der Waals surface area contributed by atoms with E-state index >= 15 is 0 Å². The second kappa shape index (κ2) is 12.5. The first kappa shape index (κ1) is 20.9. The van der Waals surface area contributed by atoms with Crippen molar-refractivity contribution in [2.75, 3.05) is 18.0 Å². The van der Waals surface area contributed by atoms with E-state index in [1.807, 2.05) is 0 Å². The van der Waals surface area contributed by atoms with Crippen molar-refractivity contribution in [3.8, 4) is 0 Å². The van der Waals surface area contributed by atoms with Crippen LogP contribution >= 0.6 is 0 Å². The average Bonchev–Trinajstić information content (AvgIpc) is 2.55. The summed E-state index contributed by atoms with van der Waals surface area (Å²) in [5, 5.41) is 23.4. The van der Waals surface area contributed by atoms with Gasteiger partial charge in [0.25, 0.3) is 0 Å². The quantitative estimate of drug-likeness (QED) is 0.604. The number of nitrogens with zero attached hydrogens (tertiary/aromatic N) is 1. The Kier molecular flexibility index (Phi) is 11.3. The van der Waals surface area contributed by atoms with Gasteiger partial charge in [0.2, 0.25) is 6.10 Å². The van der Waals surface area contributed by atoms with Gasteiger partial charge in [-0.3, -0.25) is 0 Å². The Morgan fingerprint density at radius 2 is 1.39 bits per heavy atom. The molecule has 0 saturated carbocycles. The molecule has 0 amide bonds. The van der Waals surface area contributed by atoms with Gasteiger partial charge in [-0.25, -0.2) is 9.59 Å². The van der Waals surface area contributed by atoms with E-state index in [-0.39, 0.29) is 0 Å². The molecule has 23 heavy (non-hydrogen) atoms. The zero-order valence-electron chi connectivity index (χ0n) is 13.8. The monoisotopic (exact) mass is 325 g/mol. The molecule has 0 saturated heterocycles. The normalized spacial score (nSPS) is 9.91. The Bertz CT molecular complexity index is 428. The van der Waals surface area contributed by atoms with Gasteiger partial charge in [-0.2, -0.15) is 0 Å². The number of anilines is 1. The van der Waals surface area contributed by atoms with E-state index in [0.717, 1.165) is 0 Å². The van der Waals surface area contributed by atoms with E-state index < -0.39 is 18.0 Å². The number of aliphatic hydroxyl groups is 1. The SMILES string of the molecule is CCCCN(CCCC)c1ccccc1.O=C(O)C(O)C(=O)O. The predicted molar refractivity (Wildman–Crippen MR) is 89.7 cm³/mol. The standard InChI is InChI=1S/C14H23N.C3H4O5/c1-3-5-12-15(13-6-4-2)14-10-8-7-9-11-14;4-1(2(5)6)3(7)8/h7-11H,3-6,12-13H2,1-2H3;1,4H,(H,5,6)(H,7,8). The maximum atomic E-state index is 9.51. The van der Waals surface area contributed by atoms with Crippen LogP contribution in [0.5, 0.6) is 0 Å². The van der Waals surface area contributed by atoms with Gasteiger partial charge in [-0.15, -0.1) is 0 Å². The van der Waals surface area contributed by atoms with Gasteiger partial charge in [0.1, 0.15) is 0 Å². The molecule has 6 nitrogen and oxygen atoms in total. The second-order valence-corrected chi connectivity index (χ2v) is 5.11. The van der Waals surface area contributed by atoms with E-state index in [1.165, 1.54) is 44.5 Å². The lowest BCUT2D eigenvalue weighted by molar-refractivity contribution is -0.161. The molecular formula is C17H27NO5. The van der Waals surface area contributed by atoms with Crippen LogP contribution in [0.25, 0.3) is 0 Å². The fourth-order valence-corrected chi connectivity index (χ4v) is 1.81. The van der Waals surface area contributed by atoms with Gasteiger partial charge in [0.05, 0.1) is 0 Å². The molecule has 0 spiro atoms. The third-order valence-corrected chi connectivity index (χ3v) is 3.15. The highest BCUT2D eigenvalue weighted by Crippen LogP contribution is 2.14. The van der Waals surface area contributed by atoms with Crippen molar-refractivity contribution in [2.24, 2.45) is 0 Å². The first-order valence-corrected chi connectivity index (χ1v) is 7.87. The number of aliphatic hydroxyl groups excluding tert-OH is 1. The summed E-state index contributed by atoms with van der Waals surface area (Å²) in [6.07, 6.45) is 2.83. The number of para-hydroxylation sites is 1. The zero-order chi connectivity index (χ0) is 17.7. The number of hydrogen-bond acceptors (Lipinski definition) is 4. The van der Waals surface area contributed by atoms with Crippen LogP contribution in [-0.4, -0.2) is 46.5 Å². The summed E-state index contributed by atoms with van der Waals surface area (Å²) in [4.78, 5) is 21.5. The van der Waals surface area contributed by atoms with Gasteiger partial charge in [-0.05, 0) is 25.0 Å². The van der Waals surface area contributed by atoms with Gasteiger partial charge in [-0.1, -0.05) is 44.9 Å². The minimum Gasteiger partial charge on any atom is -0.479 e. The summed E-state index contributed by atoms with van der Waals surface area (Å²) in [6.45, 7) is 6.90. The molecule has 1 rings (SSSR count). The second-order valence-electron chi connectivity index (χ2n) is 5.11. The molecule has 0 heterocycles. The fourth-order valence-electron chi connectivity index (χ4n) is 1.81. The maximum Gasteiger partial charge on any atom is 0.344 e. The predicted octanol–water partition coefficient (Wildman–Crippen LogP) is 2.61. The Morgan fingerprint density at radius 1 is 0.957 bits per heavy atom. The van der Waals surface area contributed by atoms with Gasteiger partial charge < -0.3 is 20.2 Å². The molecule has 0 radical (unpaired) electrons. The lowest BCUT2D eigenvalue weighted by Gasteiger charge is -2.24. The van der Waals surface area contributed by atoms with Gasteiger partial charge in [0, 0.05) is 18.8 Å². The smallest absolute Gasteiger partial charge is 0.344 e. The van der Waals surface area contributed by atoms with Crippen LogP contribution in [0.1, 0.15) is 39.5 Å². The highest BCUT2D eigenvalue weighted by atomic mass is 16.4. The summed E-state index contributed by atoms with van der Waals surface area (Å²) >= 11 is 0. The number of unbranched alkanes of at least 4 members (excludes halogenated alkanes) is 2. The molecule has 0 atom stereocenters. The van der Waals surface area contributed by atoms with Crippen molar-refractivity contribution >= 4 is 17.6 Å². The maximum absolute atomic E-state index is 9.51. The molecule has 0 aliphatic heterocycles. The average molecular weight is 325 g/mol. The van der Waals surface area contributed by atoms with Crippen molar-refractivity contribution in [3.05, 3.63) is 30.3 Å². The molecule has 3 N–H and O–H groups in total. The molecule has 0 fully saturated rings. The van der Waals surface area contributed by atoms with Crippen LogP contribution in [0.3, 0.4) is 0 Å². The lowest BCUT2D eigenvalue weighted by atomic mass is 10.2. The number of benzene rings is 1. The number of hydrogen-bond donors (Lipinski definition) is 3. The van der Waals surface area contributed by atoms with Crippen molar-refractivity contribution in [1.29, 1.82) is 0 Å². The van der Waals surface area contributed by atoms with E-state index in [2.05, 4.69) is 49.1 Å².